The van der Waals surface area contributed by atoms with Crippen LogP contribution in [0.25, 0.3) is 0 Å². The van der Waals surface area contributed by atoms with Crippen molar-refractivity contribution in [3.8, 4) is 0 Å². The SMILES string of the molecule is Cn1cc(C2CN(C(=O)CCc3ccc(Br)nc3)CC2(C)C)cn1. The summed E-state index contributed by atoms with van der Waals surface area (Å²) in [5, 5.41) is 4.28. The lowest BCUT2D eigenvalue weighted by molar-refractivity contribution is -0.130. The molecule has 1 unspecified atom stereocenters. The van der Waals surface area contributed by atoms with Gasteiger partial charge in [0.25, 0.3) is 0 Å². The lowest BCUT2D eigenvalue weighted by Gasteiger charge is -2.24. The molecule has 5 nitrogen and oxygen atoms in total. The van der Waals surface area contributed by atoms with Gasteiger partial charge in [0.2, 0.25) is 5.91 Å². The summed E-state index contributed by atoms with van der Waals surface area (Å²) in [6.07, 6.45) is 7.07. The minimum Gasteiger partial charge on any atom is -0.341 e. The van der Waals surface area contributed by atoms with Gasteiger partial charge in [-0.25, -0.2) is 4.98 Å². The van der Waals surface area contributed by atoms with Crippen LogP contribution in [0, 0.1) is 5.41 Å². The highest BCUT2D eigenvalue weighted by Gasteiger charge is 2.42. The molecule has 3 rings (SSSR count). The van der Waals surface area contributed by atoms with Crippen molar-refractivity contribution in [3.05, 3.63) is 46.5 Å². The normalized spacial score (nSPS) is 19.7. The molecule has 2 aromatic heterocycles. The molecule has 0 aliphatic carbocycles. The van der Waals surface area contributed by atoms with Crippen molar-refractivity contribution < 1.29 is 4.79 Å². The van der Waals surface area contributed by atoms with Gasteiger partial charge in [0.15, 0.2) is 0 Å². The molecule has 1 aliphatic heterocycles. The summed E-state index contributed by atoms with van der Waals surface area (Å²) in [5.74, 6) is 0.557. The summed E-state index contributed by atoms with van der Waals surface area (Å²) in [5.41, 5.74) is 2.38. The van der Waals surface area contributed by atoms with Gasteiger partial charge in [-0.15, -0.1) is 0 Å². The van der Waals surface area contributed by atoms with Gasteiger partial charge in [0, 0.05) is 44.9 Å². The molecule has 24 heavy (non-hydrogen) atoms. The van der Waals surface area contributed by atoms with E-state index >= 15 is 0 Å². The molecule has 128 valence electrons. The highest BCUT2D eigenvalue weighted by Crippen LogP contribution is 2.42. The van der Waals surface area contributed by atoms with E-state index in [9.17, 15) is 4.79 Å². The Bertz CT molecular complexity index is 723. The molecule has 1 fully saturated rings. The topological polar surface area (TPSA) is 51.0 Å². The molecule has 1 atom stereocenters. The number of carbonyl (C=O) groups is 1. The van der Waals surface area contributed by atoms with Crippen LogP contribution in [0.4, 0.5) is 0 Å². The second kappa shape index (κ2) is 6.67. The van der Waals surface area contributed by atoms with E-state index in [0.717, 1.165) is 29.7 Å². The van der Waals surface area contributed by atoms with Crippen LogP contribution in [0.3, 0.4) is 0 Å². The van der Waals surface area contributed by atoms with Crippen molar-refractivity contribution in [3.63, 3.8) is 0 Å². The maximum atomic E-state index is 12.6. The third-order valence-corrected chi connectivity index (χ3v) is 5.31. The summed E-state index contributed by atoms with van der Waals surface area (Å²) >= 11 is 3.33. The molecular formula is C18H23BrN4O. The van der Waals surface area contributed by atoms with Crippen LogP contribution in [0.2, 0.25) is 0 Å². The van der Waals surface area contributed by atoms with Gasteiger partial charge >= 0.3 is 0 Å². The number of aromatic nitrogens is 3. The van der Waals surface area contributed by atoms with Crippen molar-refractivity contribution in [2.45, 2.75) is 32.6 Å². The third-order valence-electron chi connectivity index (χ3n) is 4.84. The molecule has 2 aromatic rings. The second-order valence-corrected chi connectivity index (χ2v) is 8.06. The van der Waals surface area contributed by atoms with E-state index in [2.05, 4.69) is 46.1 Å². The highest BCUT2D eigenvalue weighted by molar-refractivity contribution is 9.10. The fraction of sp³-hybridized carbons (Fsp3) is 0.500. The number of hydrogen-bond acceptors (Lipinski definition) is 3. The summed E-state index contributed by atoms with van der Waals surface area (Å²) in [4.78, 5) is 18.8. The molecule has 6 heteroatoms. The Morgan fingerprint density at radius 2 is 2.17 bits per heavy atom. The largest absolute Gasteiger partial charge is 0.341 e. The Balaban J connectivity index is 1.63. The van der Waals surface area contributed by atoms with Crippen molar-refractivity contribution in [1.82, 2.24) is 19.7 Å². The van der Waals surface area contributed by atoms with E-state index in [0.29, 0.717) is 12.3 Å². The number of aryl methyl sites for hydroxylation is 2. The molecule has 0 saturated carbocycles. The molecule has 0 radical (unpaired) electrons. The third kappa shape index (κ3) is 3.69. The van der Waals surface area contributed by atoms with E-state index in [1.807, 2.05) is 41.2 Å². The Labute approximate surface area is 151 Å². The van der Waals surface area contributed by atoms with E-state index < -0.39 is 0 Å². The number of rotatable bonds is 4. The average Bonchev–Trinajstić information content (AvgIpc) is 3.09. The number of carbonyl (C=O) groups excluding carboxylic acids is 1. The zero-order valence-corrected chi connectivity index (χ0v) is 16.0. The molecule has 0 N–H and O–H groups in total. The summed E-state index contributed by atoms with van der Waals surface area (Å²) < 4.78 is 2.65. The van der Waals surface area contributed by atoms with Gasteiger partial charge in [-0.1, -0.05) is 19.9 Å². The summed E-state index contributed by atoms with van der Waals surface area (Å²) in [7, 11) is 1.93. The average molecular weight is 391 g/mol. The van der Waals surface area contributed by atoms with Crippen molar-refractivity contribution >= 4 is 21.8 Å². The number of halogens is 1. The van der Waals surface area contributed by atoms with E-state index in [-0.39, 0.29) is 11.3 Å². The van der Waals surface area contributed by atoms with E-state index in [1.165, 1.54) is 5.56 Å². The minimum absolute atomic E-state index is 0.0673. The Morgan fingerprint density at radius 1 is 1.38 bits per heavy atom. The molecule has 1 aliphatic rings. The van der Waals surface area contributed by atoms with Crippen LogP contribution in [0.5, 0.6) is 0 Å². The van der Waals surface area contributed by atoms with Crippen LogP contribution in [0.15, 0.2) is 35.3 Å². The predicted molar refractivity (Wildman–Crippen MR) is 96.6 cm³/mol. The van der Waals surface area contributed by atoms with Gasteiger partial charge in [0.05, 0.1) is 6.20 Å². The molecule has 1 saturated heterocycles. The number of likely N-dealkylation sites (tertiary alicyclic amines) is 1. The van der Waals surface area contributed by atoms with Gasteiger partial charge in [-0.3, -0.25) is 9.48 Å². The lowest BCUT2D eigenvalue weighted by atomic mass is 9.79. The molecule has 0 aromatic carbocycles. The molecule has 0 spiro atoms. The summed E-state index contributed by atoms with van der Waals surface area (Å²) in [6, 6.07) is 3.92. The lowest BCUT2D eigenvalue weighted by Crippen LogP contribution is -2.30. The highest BCUT2D eigenvalue weighted by atomic mass is 79.9. The Kier molecular flexibility index (Phi) is 4.76. The van der Waals surface area contributed by atoms with Crippen molar-refractivity contribution in [1.29, 1.82) is 0 Å². The molecule has 3 heterocycles. The van der Waals surface area contributed by atoms with Crippen LogP contribution in [-0.4, -0.2) is 38.7 Å². The fourth-order valence-electron chi connectivity index (χ4n) is 3.46. The Morgan fingerprint density at radius 3 is 2.79 bits per heavy atom. The molecular weight excluding hydrogens is 368 g/mol. The number of pyridine rings is 1. The first-order chi connectivity index (χ1) is 11.3. The van der Waals surface area contributed by atoms with Crippen LogP contribution >= 0.6 is 15.9 Å². The zero-order chi connectivity index (χ0) is 17.3. The first-order valence-corrected chi connectivity index (χ1v) is 9.01. The first kappa shape index (κ1) is 17.1. The monoisotopic (exact) mass is 390 g/mol. The van der Waals surface area contributed by atoms with Crippen LogP contribution in [0.1, 0.15) is 37.3 Å². The number of nitrogens with zero attached hydrogens (tertiary/aromatic N) is 4. The molecule has 0 bridgehead atoms. The van der Waals surface area contributed by atoms with Gasteiger partial charge in [-0.2, -0.15) is 5.10 Å². The molecule has 1 amide bonds. The van der Waals surface area contributed by atoms with E-state index in [4.69, 9.17) is 0 Å². The quantitative estimate of drug-likeness (QED) is 0.753. The second-order valence-electron chi connectivity index (χ2n) is 7.25. The van der Waals surface area contributed by atoms with Crippen LogP contribution in [-0.2, 0) is 18.3 Å². The smallest absolute Gasteiger partial charge is 0.222 e. The van der Waals surface area contributed by atoms with Gasteiger partial charge in [0.1, 0.15) is 4.60 Å². The standard InChI is InChI=1S/C18H23BrN4O/c1-18(2)12-23(11-15(18)14-9-21-22(3)10-14)17(24)7-5-13-4-6-16(19)20-8-13/h4,6,8-10,15H,5,7,11-12H2,1-3H3. The van der Waals surface area contributed by atoms with Crippen molar-refractivity contribution in [2.24, 2.45) is 12.5 Å². The first-order valence-electron chi connectivity index (χ1n) is 8.22. The minimum atomic E-state index is 0.0673. The zero-order valence-electron chi connectivity index (χ0n) is 14.4. The van der Waals surface area contributed by atoms with Gasteiger partial charge < -0.3 is 4.90 Å². The maximum Gasteiger partial charge on any atom is 0.222 e. The van der Waals surface area contributed by atoms with Crippen LogP contribution < -0.4 is 0 Å². The van der Waals surface area contributed by atoms with Crippen molar-refractivity contribution in [2.75, 3.05) is 13.1 Å². The summed E-state index contributed by atoms with van der Waals surface area (Å²) in [6.45, 7) is 6.03. The number of hydrogen-bond donors (Lipinski definition) is 0. The predicted octanol–water partition coefficient (Wildman–Crippen LogP) is 3.16. The van der Waals surface area contributed by atoms with Gasteiger partial charge in [-0.05, 0) is 45.0 Å². The Hall–Kier alpha value is -1.69. The fourth-order valence-corrected chi connectivity index (χ4v) is 3.70. The maximum absolute atomic E-state index is 12.6. The number of amides is 1. The van der Waals surface area contributed by atoms with E-state index in [1.54, 1.807) is 0 Å².